The van der Waals surface area contributed by atoms with E-state index >= 15 is 0 Å². The molecule has 0 fully saturated rings. The Kier molecular flexibility index (Phi) is 6.83. The molecule has 6 nitrogen and oxygen atoms in total. The number of esters is 1. The predicted molar refractivity (Wildman–Crippen MR) is 76.2 cm³/mol. The highest BCUT2D eigenvalue weighted by atomic mass is 16.5. The van der Waals surface area contributed by atoms with Gasteiger partial charge in [-0.2, -0.15) is 0 Å². The van der Waals surface area contributed by atoms with E-state index in [4.69, 9.17) is 17.6 Å². The highest BCUT2D eigenvalue weighted by Crippen LogP contribution is 2.02. The second-order valence-electron chi connectivity index (χ2n) is 4.24. The lowest BCUT2D eigenvalue weighted by Crippen LogP contribution is -2.50. The summed E-state index contributed by atoms with van der Waals surface area (Å²) in [5, 5.41) is 14.0. The molecule has 1 aromatic rings. The molecule has 0 aliphatic carbocycles. The van der Waals surface area contributed by atoms with Gasteiger partial charge in [-0.3, -0.25) is 4.79 Å². The van der Waals surface area contributed by atoms with Crippen molar-refractivity contribution in [1.82, 2.24) is 10.5 Å². The van der Waals surface area contributed by atoms with Gasteiger partial charge in [-0.1, -0.05) is 30.3 Å². The summed E-state index contributed by atoms with van der Waals surface area (Å²) in [5.41, 5.74) is 0.835. The van der Waals surface area contributed by atoms with Crippen LogP contribution >= 0.6 is 0 Å². The summed E-state index contributed by atoms with van der Waals surface area (Å²) < 4.78 is 5.09. The summed E-state index contributed by atoms with van der Waals surface area (Å²) in [6, 6.07) is 8.20. The number of rotatable bonds is 7. The molecular formula is C12H16B2N2O4. The van der Waals surface area contributed by atoms with Crippen molar-refractivity contribution in [3.63, 3.8) is 0 Å². The largest absolute Gasteiger partial charge is 0.459 e. The van der Waals surface area contributed by atoms with Gasteiger partial charge in [0.1, 0.15) is 12.6 Å². The van der Waals surface area contributed by atoms with E-state index in [1.807, 2.05) is 30.3 Å². The Morgan fingerprint density at radius 2 is 2.05 bits per heavy atom. The standard InChI is InChI=1S/C12H16B2N2O4/c1-14(19)15-7-10(16-12(13)18)11(17)20-8-9-5-3-2-4-6-9/h2-6,10,15,19H,7-8H2,1H3,(H,16,18)/t10-/m1/s1. The number of hydrogen-bond acceptors (Lipinski definition) is 5. The quantitative estimate of drug-likeness (QED) is 0.468. The number of carbonyl (C=O) groups excluding carboxylic acids is 2. The van der Waals surface area contributed by atoms with Gasteiger partial charge in [0.05, 0.1) is 0 Å². The van der Waals surface area contributed by atoms with Crippen molar-refractivity contribution in [2.24, 2.45) is 0 Å². The Hall–Kier alpha value is -1.79. The van der Waals surface area contributed by atoms with Crippen LogP contribution in [0, 0.1) is 0 Å². The van der Waals surface area contributed by atoms with Crippen molar-refractivity contribution >= 4 is 26.7 Å². The molecule has 1 atom stereocenters. The molecule has 3 N–H and O–H groups in total. The molecule has 0 spiro atoms. The van der Waals surface area contributed by atoms with Crippen LogP contribution in [-0.2, 0) is 16.1 Å². The highest BCUT2D eigenvalue weighted by molar-refractivity contribution is 6.57. The van der Waals surface area contributed by atoms with E-state index in [0.29, 0.717) is 0 Å². The van der Waals surface area contributed by atoms with Crippen molar-refractivity contribution in [3.8, 4) is 0 Å². The van der Waals surface area contributed by atoms with Crippen LogP contribution in [0.2, 0.25) is 6.82 Å². The molecule has 0 aliphatic rings. The lowest BCUT2D eigenvalue weighted by molar-refractivity contribution is -0.146. The Morgan fingerprint density at radius 3 is 2.60 bits per heavy atom. The Balaban J connectivity index is 2.51. The first-order valence-corrected chi connectivity index (χ1v) is 6.17. The fraction of sp³-hybridized carbons (Fsp3) is 0.333. The number of carbonyl (C=O) groups is 2. The average Bonchev–Trinajstić information content (AvgIpc) is 2.41. The summed E-state index contributed by atoms with van der Waals surface area (Å²) in [6.07, 6.45) is 0. The SMILES string of the molecule is [B]C(=O)N[C@H](CNB(C)O)C(=O)OCc1ccccc1. The fourth-order valence-electron chi connectivity index (χ4n) is 1.48. The molecule has 20 heavy (non-hydrogen) atoms. The van der Waals surface area contributed by atoms with Crippen LogP contribution in [0.4, 0.5) is 4.79 Å². The predicted octanol–water partition coefficient (Wildman–Crippen LogP) is -0.324. The number of benzene rings is 1. The third kappa shape index (κ3) is 6.40. The van der Waals surface area contributed by atoms with Gasteiger partial charge in [0, 0.05) is 6.54 Å². The van der Waals surface area contributed by atoms with Crippen LogP contribution in [0.5, 0.6) is 0 Å². The van der Waals surface area contributed by atoms with Gasteiger partial charge in [0.2, 0.25) is 7.85 Å². The molecule has 8 heteroatoms. The van der Waals surface area contributed by atoms with E-state index in [0.717, 1.165) is 5.56 Å². The van der Waals surface area contributed by atoms with Gasteiger partial charge in [0.15, 0.2) is 5.81 Å². The molecule has 104 valence electrons. The van der Waals surface area contributed by atoms with E-state index in [2.05, 4.69) is 10.5 Å². The minimum absolute atomic E-state index is 0.0221. The van der Waals surface area contributed by atoms with Gasteiger partial charge in [0.25, 0.3) is 0 Å². The number of hydrogen-bond donors (Lipinski definition) is 3. The van der Waals surface area contributed by atoms with E-state index < -0.39 is 24.9 Å². The molecule has 1 amide bonds. The van der Waals surface area contributed by atoms with Crippen molar-refractivity contribution in [1.29, 1.82) is 0 Å². The number of ether oxygens (including phenoxy) is 1. The molecule has 2 radical (unpaired) electrons. The molecule has 0 heterocycles. The zero-order valence-electron chi connectivity index (χ0n) is 11.2. The van der Waals surface area contributed by atoms with Crippen molar-refractivity contribution in [3.05, 3.63) is 35.9 Å². The third-order valence-corrected chi connectivity index (χ3v) is 2.44. The zero-order valence-corrected chi connectivity index (χ0v) is 11.2. The lowest BCUT2D eigenvalue weighted by Gasteiger charge is -2.18. The normalized spacial score (nSPS) is 11.5. The van der Waals surface area contributed by atoms with Gasteiger partial charge in [-0.05, 0) is 12.4 Å². The molecule has 0 bridgehead atoms. The second-order valence-corrected chi connectivity index (χ2v) is 4.24. The molecule has 1 rings (SSSR count). The van der Waals surface area contributed by atoms with Crippen LogP contribution in [-0.4, -0.2) is 44.3 Å². The van der Waals surface area contributed by atoms with Gasteiger partial charge in [-0.25, -0.2) is 4.79 Å². The average molecular weight is 274 g/mol. The van der Waals surface area contributed by atoms with Crippen LogP contribution < -0.4 is 10.5 Å². The van der Waals surface area contributed by atoms with E-state index in [1.54, 1.807) is 0 Å². The summed E-state index contributed by atoms with van der Waals surface area (Å²) in [7, 11) is 4.19. The Morgan fingerprint density at radius 1 is 1.40 bits per heavy atom. The summed E-state index contributed by atoms with van der Waals surface area (Å²) >= 11 is 0. The van der Waals surface area contributed by atoms with E-state index in [9.17, 15) is 9.59 Å². The van der Waals surface area contributed by atoms with E-state index in [-0.39, 0.29) is 13.2 Å². The highest BCUT2D eigenvalue weighted by Gasteiger charge is 2.21. The molecule has 1 aromatic carbocycles. The first-order chi connectivity index (χ1) is 9.49. The van der Waals surface area contributed by atoms with Crippen molar-refractivity contribution in [2.45, 2.75) is 19.5 Å². The third-order valence-electron chi connectivity index (χ3n) is 2.44. The summed E-state index contributed by atoms with van der Waals surface area (Å²) in [6.45, 7) is 1.62. The van der Waals surface area contributed by atoms with Gasteiger partial charge < -0.3 is 20.3 Å². The van der Waals surface area contributed by atoms with Gasteiger partial charge >= 0.3 is 13.0 Å². The van der Waals surface area contributed by atoms with Crippen molar-refractivity contribution < 1.29 is 19.3 Å². The first kappa shape index (κ1) is 16.3. The zero-order chi connectivity index (χ0) is 15.0. The van der Waals surface area contributed by atoms with Crippen LogP contribution in [0.3, 0.4) is 0 Å². The Bertz CT molecular complexity index is 442. The second kappa shape index (κ2) is 8.39. The first-order valence-electron chi connectivity index (χ1n) is 6.17. The van der Waals surface area contributed by atoms with Crippen molar-refractivity contribution in [2.75, 3.05) is 6.54 Å². The van der Waals surface area contributed by atoms with E-state index in [1.165, 1.54) is 6.82 Å². The minimum atomic E-state index is -0.953. The fourth-order valence-corrected chi connectivity index (χ4v) is 1.48. The smallest absolute Gasteiger partial charge is 0.373 e. The van der Waals surface area contributed by atoms with Gasteiger partial charge in [-0.15, -0.1) is 0 Å². The lowest BCUT2D eigenvalue weighted by atomic mass is 9.88. The van der Waals surface area contributed by atoms with Crippen LogP contribution in [0.25, 0.3) is 0 Å². The maximum Gasteiger partial charge on any atom is 0.373 e. The Labute approximate surface area is 119 Å². The molecule has 0 aliphatic heterocycles. The topological polar surface area (TPSA) is 87.7 Å². The molecule has 0 aromatic heterocycles. The summed E-state index contributed by atoms with van der Waals surface area (Å²) in [5.74, 6) is -1.46. The number of amides is 1. The maximum atomic E-state index is 11.9. The molecular weight excluding hydrogens is 258 g/mol. The molecule has 0 unspecified atom stereocenters. The van der Waals surface area contributed by atoms with Crippen LogP contribution in [0.1, 0.15) is 5.56 Å². The molecule has 0 saturated heterocycles. The minimum Gasteiger partial charge on any atom is -0.459 e. The van der Waals surface area contributed by atoms with Crippen LogP contribution in [0.15, 0.2) is 30.3 Å². The monoisotopic (exact) mass is 274 g/mol. The maximum absolute atomic E-state index is 11.9. The summed E-state index contributed by atoms with van der Waals surface area (Å²) in [4.78, 5) is 22.7. The molecule has 0 saturated carbocycles. The number of nitrogens with one attached hydrogen (secondary N) is 2.